The van der Waals surface area contributed by atoms with Gasteiger partial charge in [0.2, 0.25) is 5.91 Å². The summed E-state index contributed by atoms with van der Waals surface area (Å²) >= 11 is 1.61. The summed E-state index contributed by atoms with van der Waals surface area (Å²) in [5.41, 5.74) is 0. The molecule has 14 heavy (non-hydrogen) atoms. The standard InChI is InChI=1S/C10H17NO2S/c1-7-3-4-8(12)5-9(7)14-6-10(13)11-2/h7,9H,3-6H2,1-2H3,(H,11,13). The summed E-state index contributed by atoms with van der Waals surface area (Å²) in [6.45, 7) is 2.16. The largest absolute Gasteiger partial charge is 0.358 e. The monoisotopic (exact) mass is 215 g/mol. The van der Waals surface area contributed by atoms with E-state index in [1.807, 2.05) is 0 Å². The number of rotatable bonds is 3. The van der Waals surface area contributed by atoms with Crippen molar-refractivity contribution in [1.82, 2.24) is 5.32 Å². The van der Waals surface area contributed by atoms with Crippen LogP contribution in [0.25, 0.3) is 0 Å². The predicted octanol–water partition coefficient (Wildman–Crippen LogP) is 1.22. The van der Waals surface area contributed by atoms with Gasteiger partial charge in [0.25, 0.3) is 0 Å². The van der Waals surface area contributed by atoms with Gasteiger partial charge in [-0.2, -0.15) is 0 Å². The van der Waals surface area contributed by atoms with Gasteiger partial charge in [-0.05, 0) is 12.3 Å². The molecule has 4 heteroatoms. The van der Waals surface area contributed by atoms with E-state index in [1.165, 1.54) is 0 Å². The molecule has 1 rings (SSSR count). The van der Waals surface area contributed by atoms with Crippen molar-refractivity contribution in [2.45, 2.75) is 31.4 Å². The Bertz CT molecular complexity index is 230. The van der Waals surface area contributed by atoms with Gasteiger partial charge in [0.1, 0.15) is 5.78 Å². The van der Waals surface area contributed by atoms with Crippen LogP contribution in [0.2, 0.25) is 0 Å². The average molecular weight is 215 g/mol. The first-order valence-corrected chi connectivity index (χ1v) is 6.02. The fourth-order valence-corrected chi connectivity index (χ4v) is 2.86. The second-order valence-electron chi connectivity index (χ2n) is 3.78. The fourth-order valence-electron chi connectivity index (χ4n) is 1.58. The minimum absolute atomic E-state index is 0.0419. The summed E-state index contributed by atoms with van der Waals surface area (Å²) < 4.78 is 0. The maximum absolute atomic E-state index is 11.2. The maximum Gasteiger partial charge on any atom is 0.229 e. The molecule has 2 unspecified atom stereocenters. The molecule has 3 nitrogen and oxygen atoms in total. The van der Waals surface area contributed by atoms with Crippen LogP contribution in [0.5, 0.6) is 0 Å². The zero-order chi connectivity index (χ0) is 10.6. The molecule has 1 saturated carbocycles. The lowest BCUT2D eigenvalue weighted by Crippen LogP contribution is -2.28. The minimum Gasteiger partial charge on any atom is -0.358 e. The molecule has 1 aliphatic carbocycles. The number of nitrogens with one attached hydrogen (secondary N) is 1. The van der Waals surface area contributed by atoms with Gasteiger partial charge in [0.05, 0.1) is 5.75 Å². The Morgan fingerprint density at radius 3 is 3.00 bits per heavy atom. The average Bonchev–Trinajstić information content (AvgIpc) is 2.19. The Morgan fingerprint density at radius 1 is 1.64 bits per heavy atom. The summed E-state index contributed by atoms with van der Waals surface area (Å²) in [5, 5.41) is 2.93. The summed E-state index contributed by atoms with van der Waals surface area (Å²) in [7, 11) is 1.64. The lowest BCUT2D eigenvalue weighted by molar-refractivity contribution is -0.121. The number of hydrogen-bond donors (Lipinski definition) is 1. The molecule has 0 aromatic rings. The Balaban J connectivity index is 2.34. The zero-order valence-corrected chi connectivity index (χ0v) is 9.52. The highest BCUT2D eigenvalue weighted by molar-refractivity contribution is 8.00. The van der Waals surface area contributed by atoms with Gasteiger partial charge >= 0.3 is 0 Å². The van der Waals surface area contributed by atoms with E-state index in [4.69, 9.17) is 0 Å². The van der Waals surface area contributed by atoms with Crippen molar-refractivity contribution >= 4 is 23.5 Å². The van der Waals surface area contributed by atoms with E-state index in [9.17, 15) is 9.59 Å². The second-order valence-corrected chi connectivity index (χ2v) is 5.01. The predicted molar refractivity (Wildman–Crippen MR) is 58.3 cm³/mol. The molecule has 1 N–H and O–H groups in total. The van der Waals surface area contributed by atoms with Crippen molar-refractivity contribution in [3.63, 3.8) is 0 Å². The topological polar surface area (TPSA) is 46.2 Å². The molecule has 0 radical (unpaired) electrons. The van der Waals surface area contributed by atoms with Gasteiger partial charge < -0.3 is 5.32 Å². The van der Waals surface area contributed by atoms with Crippen LogP contribution in [0.15, 0.2) is 0 Å². The van der Waals surface area contributed by atoms with Gasteiger partial charge in [-0.1, -0.05) is 6.92 Å². The molecular formula is C10H17NO2S. The van der Waals surface area contributed by atoms with Crippen molar-refractivity contribution in [3.05, 3.63) is 0 Å². The van der Waals surface area contributed by atoms with Crippen LogP contribution < -0.4 is 5.32 Å². The van der Waals surface area contributed by atoms with Gasteiger partial charge in [-0.25, -0.2) is 0 Å². The summed E-state index contributed by atoms with van der Waals surface area (Å²) in [6, 6.07) is 0. The summed E-state index contributed by atoms with van der Waals surface area (Å²) in [5.74, 6) is 1.42. The molecular weight excluding hydrogens is 198 g/mol. The molecule has 1 amide bonds. The number of ketones is 1. The van der Waals surface area contributed by atoms with E-state index in [0.29, 0.717) is 29.1 Å². The second kappa shape index (κ2) is 5.39. The van der Waals surface area contributed by atoms with Crippen molar-refractivity contribution in [2.24, 2.45) is 5.92 Å². The van der Waals surface area contributed by atoms with Crippen LogP contribution in [0, 0.1) is 5.92 Å². The summed E-state index contributed by atoms with van der Waals surface area (Å²) in [6.07, 6.45) is 2.34. The number of amides is 1. The van der Waals surface area contributed by atoms with E-state index in [0.717, 1.165) is 12.8 Å². The number of carbonyl (C=O) groups is 2. The smallest absolute Gasteiger partial charge is 0.229 e. The molecule has 0 saturated heterocycles. The first-order chi connectivity index (χ1) is 6.63. The van der Waals surface area contributed by atoms with Gasteiger partial charge in [0.15, 0.2) is 0 Å². The highest BCUT2D eigenvalue weighted by atomic mass is 32.2. The molecule has 2 atom stereocenters. The zero-order valence-electron chi connectivity index (χ0n) is 8.71. The number of thioether (sulfide) groups is 1. The van der Waals surface area contributed by atoms with Gasteiger partial charge in [-0.15, -0.1) is 11.8 Å². The first kappa shape index (κ1) is 11.6. The molecule has 0 spiro atoms. The maximum atomic E-state index is 11.2. The molecule has 0 aromatic carbocycles. The summed E-state index contributed by atoms with van der Waals surface area (Å²) in [4.78, 5) is 22.2. The lowest BCUT2D eigenvalue weighted by Gasteiger charge is -2.26. The third kappa shape index (κ3) is 3.33. The third-order valence-electron chi connectivity index (χ3n) is 2.65. The lowest BCUT2D eigenvalue weighted by atomic mass is 9.89. The molecule has 0 aromatic heterocycles. The van der Waals surface area contributed by atoms with E-state index >= 15 is 0 Å². The van der Waals surface area contributed by atoms with Crippen LogP contribution in [-0.2, 0) is 9.59 Å². The van der Waals surface area contributed by atoms with Crippen LogP contribution in [0.4, 0.5) is 0 Å². The quantitative estimate of drug-likeness (QED) is 0.770. The molecule has 1 aliphatic rings. The number of Topliss-reactive ketones (excluding diaryl/α,β-unsaturated/α-hetero) is 1. The van der Waals surface area contributed by atoms with Crippen molar-refractivity contribution in [3.8, 4) is 0 Å². The molecule has 0 aliphatic heterocycles. The van der Waals surface area contributed by atoms with Gasteiger partial charge in [-0.3, -0.25) is 9.59 Å². The highest BCUT2D eigenvalue weighted by Gasteiger charge is 2.26. The Labute approximate surface area is 89.0 Å². The molecule has 1 fully saturated rings. The van der Waals surface area contributed by atoms with Crippen LogP contribution in [0.1, 0.15) is 26.2 Å². The SMILES string of the molecule is CNC(=O)CSC1CC(=O)CCC1C. The minimum atomic E-state index is 0.0419. The first-order valence-electron chi connectivity index (χ1n) is 4.97. The Kier molecular flexibility index (Phi) is 4.45. The van der Waals surface area contributed by atoms with Crippen LogP contribution in [-0.4, -0.2) is 29.7 Å². The third-order valence-corrected chi connectivity index (χ3v) is 4.14. The van der Waals surface area contributed by atoms with E-state index in [1.54, 1.807) is 18.8 Å². The molecule has 0 heterocycles. The molecule has 80 valence electrons. The Morgan fingerprint density at radius 2 is 2.36 bits per heavy atom. The van der Waals surface area contributed by atoms with Crippen molar-refractivity contribution in [1.29, 1.82) is 0 Å². The normalized spacial score (nSPS) is 27.4. The van der Waals surface area contributed by atoms with Crippen LogP contribution >= 0.6 is 11.8 Å². The van der Waals surface area contributed by atoms with Crippen molar-refractivity contribution < 1.29 is 9.59 Å². The van der Waals surface area contributed by atoms with Crippen LogP contribution in [0.3, 0.4) is 0 Å². The number of carbonyl (C=O) groups excluding carboxylic acids is 2. The fraction of sp³-hybridized carbons (Fsp3) is 0.800. The number of hydrogen-bond acceptors (Lipinski definition) is 3. The van der Waals surface area contributed by atoms with Gasteiger partial charge in [0, 0.05) is 25.1 Å². The molecule has 0 bridgehead atoms. The van der Waals surface area contributed by atoms with E-state index in [-0.39, 0.29) is 5.91 Å². The van der Waals surface area contributed by atoms with E-state index < -0.39 is 0 Å². The van der Waals surface area contributed by atoms with Crippen molar-refractivity contribution in [2.75, 3.05) is 12.8 Å². The Hall–Kier alpha value is -0.510. The highest BCUT2D eigenvalue weighted by Crippen LogP contribution is 2.31. The van der Waals surface area contributed by atoms with E-state index in [2.05, 4.69) is 12.2 Å².